The lowest BCUT2D eigenvalue weighted by Crippen LogP contribution is -2.15. The molecule has 0 atom stereocenters. The Morgan fingerprint density at radius 2 is 1.63 bits per heavy atom. The van der Waals surface area contributed by atoms with Gasteiger partial charge >= 0.3 is 0 Å². The fourth-order valence-corrected chi connectivity index (χ4v) is 5.41. The van der Waals surface area contributed by atoms with Gasteiger partial charge in [0.1, 0.15) is 0 Å². The largest absolute Gasteiger partial charge is 0.309 e. The number of aromatic nitrogens is 1. The van der Waals surface area contributed by atoms with Crippen LogP contribution in [0.1, 0.15) is 56.9 Å². The van der Waals surface area contributed by atoms with Crippen molar-refractivity contribution in [1.82, 2.24) is 4.57 Å². The summed E-state index contributed by atoms with van der Waals surface area (Å²) in [5.41, 5.74) is 10.4. The molecule has 0 saturated carbocycles. The molecule has 5 rings (SSSR count). The van der Waals surface area contributed by atoms with Gasteiger partial charge in [0, 0.05) is 27.1 Å². The van der Waals surface area contributed by atoms with Crippen LogP contribution in [0.3, 0.4) is 0 Å². The second-order valence-corrected chi connectivity index (χ2v) is 10.6. The van der Waals surface area contributed by atoms with E-state index in [1.807, 2.05) is 6.07 Å². The third-order valence-corrected chi connectivity index (χ3v) is 6.82. The van der Waals surface area contributed by atoms with E-state index in [4.69, 9.17) is 11.6 Å². The van der Waals surface area contributed by atoms with E-state index in [0.29, 0.717) is 0 Å². The van der Waals surface area contributed by atoms with E-state index in [0.717, 1.165) is 10.7 Å². The maximum absolute atomic E-state index is 6.50. The molecule has 0 bridgehead atoms. The summed E-state index contributed by atoms with van der Waals surface area (Å²) in [5, 5.41) is 2.12. The molecule has 1 aliphatic carbocycles. The van der Waals surface area contributed by atoms with Gasteiger partial charge in [-0.15, -0.1) is 0 Å². The quantitative estimate of drug-likeness (QED) is 0.296. The minimum Gasteiger partial charge on any atom is -0.309 e. The highest BCUT2D eigenvalue weighted by Crippen LogP contribution is 2.54. The normalized spacial score (nSPS) is 14.8. The van der Waals surface area contributed by atoms with Gasteiger partial charge in [-0.05, 0) is 64.9 Å². The lowest BCUT2D eigenvalue weighted by Gasteiger charge is -2.23. The van der Waals surface area contributed by atoms with Gasteiger partial charge in [0.2, 0.25) is 0 Å². The van der Waals surface area contributed by atoms with Crippen LogP contribution in [0.25, 0.3) is 27.8 Å². The molecule has 0 N–H and O–H groups in total. The Hall–Kier alpha value is -2.51. The summed E-state index contributed by atoms with van der Waals surface area (Å²) in [7, 11) is 0. The summed E-state index contributed by atoms with van der Waals surface area (Å²) in [6.45, 7) is 13.7. The van der Waals surface area contributed by atoms with E-state index in [1.165, 1.54) is 44.4 Å². The van der Waals surface area contributed by atoms with E-state index in [1.54, 1.807) is 0 Å². The first-order valence-corrected chi connectivity index (χ1v) is 11.0. The molecule has 4 aromatic rings. The van der Waals surface area contributed by atoms with E-state index in [-0.39, 0.29) is 10.8 Å². The third-order valence-electron chi connectivity index (χ3n) is 6.60. The smallest absolute Gasteiger partial charge is 0.0585 e. The molecule has 1 nitrogen and oxygen atoms in total. The van der Waals surface area contributed by atoms with E-state index in [9.17, 15) is 0 Å². The van der Waals surface area contributed by atoms with Crippen molar-refractivity contribution in [2.75, 3.05) is 0 Å². The van der Waals surface area contributed by atoms with Crippen molar-refractivity contribution in [1.29, 1.82) is 0 Å². The van der Waals surface area contributed by atoms with Crippen molar-refractivity contribution in [3.63, 3.8) is 0 Å². The van der Waals surface area contributed by atoms with Crippen LogP contribution < -0.4 is 0 Å². The monoisotopic (exact) mass is 413 g/mol. The number of rotatable bonds is 1. The van der Waals surface area contributed by atoms with Gasteiger partial charge in [-0.3, -0.25) is 0 Å². The zero-order chi connectivity index (χ0) is 21.4. The van der Waals surface area contributed by atoms with Gasteiger partial charge < -0.3 is 4.57 Å². The fraction of sp³-hybridized carbons (Fsp3) is 0.286. The van der Waals surface area contributed by atoms with Crippen LogP contribution in [-0.2, 0) is 10.8 Å². The summed E-state index contributed by atoms with van der Waals surface area (Å²) >= 11 is 6.50. The Morgan fingerprint density at radius 1 is 0.900 bits per heavy atom. The van der Waals surface area contributed by atoms with Crippen molar-refractivity contribution in [3.8, 4) is 16.9 Å². The second kappa shape index (κ2) is 6.25. The number of halogens is 1. The summed E-state index contributed by atoms with van der Waals surface area (Å²) in [6.07, 6.45) is 0. The number of aryl methyl sites for hydroxylation is 1. The zero-order valence-corrected chi connectivity index (χ0v) is 19.4. The SMILES string of the molecule is Cc1cc(Cl)cc(-n2c3c(c4cc(C(C)(C)C)ccc42)C(C)(C)c2ccccc2-3)c1. The second-order valence-electron chi connectivity index (χ2n) is 10.2. The van der Waals surface area contributed by atoms with Crippen molar-refractivity contribution < 1.29 is 0 Å². The highest BCUT2D eigenvalue weighted by molar-refractivity contribution is 6.30. The molecule has 0 fully saturated rings. The Labute approximate surface area is 184 Å². The third kappa shape index (κ3) is 2.68. The van der Waals surface area contributed by atoms with Gasteiger partial charge in [-0.25, -0.2) is 0 Å². The minimum atomic E-state index is -0.0560. The zero-order valence-electron chi connectivity index (χ0n) is 18.6. The molecular weight excluding hydrogens is 386 g/mol. The van der Waals surface area contributed by atoms with Crippen LogP contribution in [0.2, 0.25) is 5.02 Å². The fourth-order valence-electron chi connectivity index (χ4n) is 5.13. The Bertz CT molecular complexity index is 1290. The van der Waals surface area contributed by atoms with Crippen LogP contribution in [-0.4, -0.2) is 4.57 Å². The van der Waals surface area contributed by atoms with Crippen molar-refractivity contribution in [2.24, 2.45) is 0 Å². The predicted octanol–water partition coefficient (Wildman–Crippen LogP) is 8.20. The molecule has 3 aromatic carbocycles. The molecule has 1 heterocycles. The topological polar surface area (TPSA) is 4.93 Å². The number of hydrogen-bond donors (Lipinski definition) is 0. The van der Waals surface area contributed by atoms with Gasteiger partial charge in [-0.2, -0.15) is 0 Å². The van der Waals surface area contributed by atoms with E-state index >= 15 is 0 Å². The minimum absolute atomic E-state index is 0.0560. The van der Waals surface area contributed by atoms with Gasteiger partial charge in [-0.1, -0.05) is 76.6 Å². The molecule has 30 heavy (non-hydrogen) atoms. The molecule has 0 spiro atoms. The van der Waals surface area contributed by atoms with Crippen LogP contribution in [0.4, 0.5) is 0 Å². The van der Waals surface area contributed by atoms with Crippen LogP contribution in [0.5, 0.6) is 0 Å². The molecule has 2 heteroatoms. The standard InChI is InChI=1S/C28H28ClN/c1-17-13-19(29)16-20(14-17)30-24-12-11-18(27(2,3)4)15-22(24)25-26(30)21-9-7-8-10-23(21)28(25,5)6/h7-16H,1-6H3. The summed E-state index contributed by atoms with van der Waals surface area (Å²) < 4.78 is 2.42. The molecule has 0 radical (unpaired) electrons. The van der Waals surface area contributed by atoms with Crippen LogP contribution in [0.15, 0.2) is 60.7 Å². The molecular formula is C28H28ClN. The van der Waals surface area contributed by atoms with Gasteiger partial charge in [0.25, 0.3) is 0 Å². The lowest BCUT2D eigenvalue weighted by atomic mass is 9.80. The Balaban J connectivity index is 1.97. The van der Waals surface area contributed by atoms with E-state index in [2.05, 4.69) is 101 Å². The summed E-state index contributed by atoms with van der Waals surface area (Å²) in [5.74, 6) is 0. The van der Waals surface area contributed by atoms with Crippen LogP contribution >= 0.6 is 11.6 Å². The molecule has 0 unspecified atom stereocenters. The molecule has 0 saturated heterocycles. The highest BCUT2D eigenvalue weighted by Gasteiger charge is 2.40. The maximum atomic E-state index is 6.50. The van der Waals surface area contributed by atoms with Crippen molar-refractivity contribution >= 4 is 22.5 Å². The molecule has 152 valence electrons. The number of benzene rings is 3. The Morgan fingerprint density at radius 3 is 2.33 bits per heavy atom. The average Bonchev–Trinajstić information content (AvgIpc) is 3.12. The predicted molar refractivity (Wildman–Crippen MR) is 129 cm³/mol. The lowest BCUT2D eigenvalue weighted by molar-refractivity contribution is 0.591. The van der Waals surface area contributed by atoms with Crippen molar-refractivity contribution in [2.45, 2.75) is 52.4 Å². The first-order chi connectivity index (χ1) is 14.1. The molecule has 0 amide bonds. The van der Waals surface area contributed by atoms with Crippen LogP contribution in [0, 0.1) is 6.92 Å². The summed E-state index contributed by atoms with van der Waals surface area (Å²) in [4.78, 5) is 0. The number of hydrogen-bond acceptors (Lipinski definition) is 0. The number of nitrogens with zero attached hydrogens (tertiary/aromatic N) is 1. The molecule has 0 aliphatic heterocycles. The van der Waals surface area contributed by atoms with Crippen molar-refractivity contribution in [3.05, 3.63) is 87.9 Å². The average molecular weight is 414 g/mol. The molecule has 1 aromatic heterocycles. The first-order valence-electron chi connectivity index (χ1n) is 10.7. The first kappa shape index (κ1) is 19.5. The molecule has 1 aliphatic rings. The highest BCUT2D eigenvalue weighted by atomic mass is 35.5. The maximum Gasteiger partial charge on any atom is 0.0585 e. The number of fused-ring (bicyclic) bond motifs is 5. The van der Waals surface area contributed by atoms with Gasteiger partial charge in [0.15, 0.2) is 0 Å². The summed E-state index contributed by atoms with van der Waals surface area (Å²) in [6, 6.07) is 22.2. The van der Waals surface area contributed by atoms with E-state index < -0.39 is 0 Å². The Kier molecular flexibility index (Phi) is 4.05. The van der Waals surface area contributed by atoms with Gasteiger partial charge in [0.05, 0.1) is 11.2 Å².